The van der Waals surface area contributed by atoms with Crippen LogP contribution >= 0.6 is 0 Å². The number of carbonyl (C=O) groups is 2. The molecular weight excluding hydrogens is 280 g/mol. The fourth-order valence-corrected chi connectivity index (χ4v) is 2.09. The Morgan fingerprint density at radius 2 is 1.86 bits per heavy atom. The molecule has 0 heterocycles. The molecular formula is C18H24O4. The maximum Gasteiger partial charge on any atom is 0.319 e. The van der Waals surface area contributed by atoms with Crippen LogP contribution in [0, 0.1) is 11.3 Å². The molecule has 0 saturated carbocycles. The second-order valence-corrected chi connectivity index (χ2v) is 5.40. The third kappa shape index (κ3) is 3.97. The highest BCUT2D eigenvalue weighted by molar-refractivity contribution is 6.02. The summed E-state index contributed by atoms with van der Waals surface area (Å²) in [7, 11) is 1.62. The van der Waals surface area contributed by atoms with Crippen molar-refractivity contribution in [2.75, 3.05) is 13.7 Å². The first kappa shape index (κ1) is 18.0. The van der Waals surface area contributed by atoms with Gasteiger partial charge in [0.05, 0.1) is 13.7 Å². The summed E-state index contributed by atoms with van der Waals surface area (Å²) in [5, 5.41) is 0. The SMILES string of the molecule is CCOC(=O)[C@](C)(C(C)=O)[C@H](C)/C=C/c1ccc(OC)cc1. The van der Waals surface area contributed by atoms with Crippen molar-refractivity contribution in [3.05, 3.63) is 35.9 Å². The minimum atomic E-state index is -1.17. The van der Waals surface area contributed by atoms with Gasteiger partial charge in [-0.3, -0.25) is 9.59 Å². The second-order valence-electron chi connectivity index (χ2n) is 5.40. The molecule has 22 heavy (non-hydrogen) atoms. The van der Waals surface area contributed by atoms with Crippen LogP contribution in [0.25, 0.3) is 6.08 Å². The van der Waals surface area contributed by atoms with E-state index in [1.165, 1.54) is 6.92 Å². The zero-order valence-electron chi connectivity index (χ0n) is 13.9. The topological polar surface area (TPSA) is 52.6 Å². The Kier molecular flexibility index (Phi) is 6.35. The molecule has 0 spiro atoms. The van der Waals surface area contributed by atoms with Crippen LogP contribution in [0.3, 0.4) is 0 Å². The summed E-state index contributed by atoms with van der Waals surface area (Å²) >= 11 is 0. The van der Waals surface area contributed by atoms with E-state index in [1.54, 1.807) is 21.0 Å². The maximum absolute atomic E-state index is 12.1. The summed E-state index contributed by atoms with van der Waals surface area (Å²) in [6, 6.07) is 7.55. The molecule has 0 amide bonds. The number of allylic oxidation sites excluding steroid dienone is 1. The van der Waals surface area contributed by atoms with Crippen LogP contribution in [0.15, 0.2) is 30.3 Å². The number of methoxy groups -OCH3 is 1. The lowest BCUT2D eigenvalue weighted by molar-refractivity contribution is -0.160. The normalized spacial score (nSPS) is 15.1. The minimum absolute atomic E-state index is 0.196. The van der Waals surface area contributed by atoms with Gasteiger partial charge in [-0.2, -0.15) is 0 Å². The Balaban J connectivity index is 2.94. The first-order valence-electron chi connectivity index (χ1n) is 7.36. The van der Waals surface area contributed by atoms with Gasteiger partial charge in [0.2, 0.25) is 0 Å². The zero-order chi connectivity index (χ0) is 16.8. The summed E-state index contributed by atoms with van der Waals surface area (Å²) in [6.07, 6.45) is 3.75. The molecule has 0 bridgehead atoms. The highest BCUT2D eigenvalue weighted by Crippen LogP contribution is 2.32. The quantitative estimate of drug-likeness (QED) is 0.571. The number of Topliss-reactive ketones (excluding diaryl/α,β-unsaturated/α-hetero) is 1. The van der Waals surface area contributed by atoms with Crippen LogP contribution < -0.4 is 4.74 Å². The van der Waals surface area contributed by atoms with Crippen molar-refractivity contribution in [2.24, 2.45) is 11.3 Å². The number of benzene rings is 1. The predicted octanol–water partition coefficient (Wildman–Crippen LogP) is 3.50. The minimum Gasteiger partial charge on any atom is -0.497 e. The third-order valence-electron chi connectivity index (χ3n) is 4.03. The van der Waals surface area contributed by atoms with Crippen LogP contribution in [0.4, 0.5) is 0 Å². The van der Waals surface area contributed by atoms with Gasteiger partial charge in [0, 0.05) is 0 Å². The lowest BCUT2D eigenvalue weighted by atomic mass is 9.74. The molecule has 0 unspecified atom stereocenters. The van der Waals surface area contributed by atoms with Crippen molar-refractivity contribution in [3.8, 4) is 5.75 Å². The standard InChI is InChI=1S/C18H24O4/c1-6-22-17(20)18(4,14(3)19)13(2)7-8-15-9-11-16(21-5)12-10-15/h7-13H,6H2,1-5H3/b8-7+/t13-,18+/m1/s1. The van der Waals surface area contributed by atoms with Gasteiger partial charge in [0.1, 0.15) is 16.9 Å². The van der Waals surface area contributed by atoms with Crippen LogP contribution in [-0.4, -0.2) is 25.5 Å². The average Bonchev–Trinajstić information content (AvgIpc) is 2.52. The number of rotatable bonds is 7. The largest absolute Gasteiger partial charge is 0.497 e. The Morgan fingerprint density at radius 1 is 1.27 bits per heavy atom. The number of hydrogen-bond acceptors (Lipinski definition) is 4. The summed E-state index contributed by atoms with van der Waals surface area (Å²) in [5.41, 5.74) is -0.193. The van der Waals surface area contributed by atoms with Gasteiger partial charge >= 0.3 is 5.97 Å². The van der Waals surface area contributed by atoms with E-state index in [1.807, 2.05) is 43.3 Å². The Hall–Kier alpha value is -2.10. The molecule has 0 radical (unpaired) electrons. The fourth-order valence-electron chi connectivity index (χ4n) is 2.09. The summed E-state index contributed by atoms with van der Waals surface area (Å²) in [4.78, 5) is 24.1. The molecule has 0 fully saturated rings. The van der Waals surface area contributed by atoms with Crippen molar-refractivity contribution in [1.82, 2.24) is 0 Å². The molecule has 2 atom stereocenters. The molecule has 0 N–H and O–H groups in total. The predicted molar refractivity (Wildman–Crippen MR) is 86.6 cm³/mol. The highest BCUT2D eigenvalue weighted by Gasteiger charge is 2.43. The molecule has 1 aromatic carbocycles. The van der Waals surface area contributed by atoms with Gasteiger partial charge in [-0.05, 0) is 44.4 Å². The zero-order valence-corrected chi connectivity index (χ0v) is 13.9. The maximum atomic E-state index is 12.1. The number of ketones is 1. The van der Waals surface area contributed by atoms with Gasteiger partial charge in [-0.15, -0.1) is 0 Å². The molecule has 1 aromatic rings. The van der Waals surface area contributed by atoms with Crippen molar-refractivity contribution >= 4 is 17.8 Å². The van der Waals surface area contributed by atoms with Gasteiger partial charge in [-0.1, -0.05) is 31.2 Å². The van der Waals surface area contributed by atoms with E-state index in [9.17, 15) is 9.59 Å². The molecule has 0 aliphatic rings. The lowest BCUT2D eigenvalue weighted by Gasteiger charge is -2.28. The summed E-state index contributed by atoms with van der Waals surface area (Å²) < 4.78 is 10.2. The second kappa shape index (κ2) is 7.78. The number of hydrogen-bond donors (Lipinski definition) is 0. The molecule has 0 aliphatic carbocycles. The number of ether oxygens (including phenoxy) is 2. The van der Waals surface area contributed by atoms with Crippen molar-refractivity contribution in [3.63, 3.8) is 0 Å². The van der Waals surface area contributed by atoms with E-state index in [0.717, 1.165) is 11.3 Å². The van der Waals surface area contributed by atoms with Gasteiger partial charge in [-0.25, -0.2) is 0 Å². The molecule has 120 valence electrons. The molecule has 0 saturated heterocycles. The smallest absolute Gasteiger partial charge is 0.319 e. The van der Waals surface area contributed by atoms with E-state index < -0.39 is 11.4 Å². The highest BCUT2D eigenvalue weighted by atomic mass is 16.5. The van der Waals surface area contributed by atoms with Gasteiger partial charge in [0.15, 0.2) is 0 Å². The van der Waals surface area contributed by atoms with Crippen LogP contribution in [0.2, 0.25) is 0 Å². The van der Waals surface area contributed by atoms with E-state index in [0.29, 0.717) is 0 Å². The number of carbonyl (C=O) groups excluding carboxylic acids is 2. The van der Waals surface area contributed by atoms with E-state index in [4.69, 9.17) is 9.47 Å². The number of esters is 1. The third-order valence-corrected chi connectivity index (χ3v) is 4.03. The van der Waals surface area contributed by atoms with Gasteiger partial charge in [0.25, 0.3) is 0 Å². The molecule has 0 aromatic heterocycles. The Morgan fingerprint density at radius 3 is 2.32 bits per heavy atom. The van der Waals surface area contributed by atoms with E-state index in [-0.39, 0.29) is 18.3 Å². The molecule has 0 aliphatic heterocycles. The Labute approximate surface area is 132 Å². The summed E-state index contributed by atoms with van der Waals surface area (Å²) in [6.45, 7) is 6.90. The first-order valence-corrected chi connectivity index (χ1v) is 7.36. The van der Waals surface area contributed by atoms with Gasteiger partial charge < -0.3 is 9.47 Å². The van der Waals surface area contributed by atoms with Crippen LogP contribution in [0.5, 0.6) is 5.75 Å². The van der Waals surface area contributed by atoms with Crippen molar-refractivity contribution in [1.29, 1.82) is 0 Å². The monoisotopic (exact) mass is 304 g/mol. The van der Waals surface area contributed by atoms with E-state index >= 15 is 0 Å². The lowest BCUT2D eigenvalue weighted by Crippen LogP contribution is -2.41. The van der Waals surface area contributed by atoms with Crippen LogP contribution in [0.1, 0.15) is 33.3 Å². The summed E-state index contributed by atoms with van der Waals surface area (Å²) in [5.74, 6) is -0.163. The van der Waals surface area contributed by atoms with Crippen molar-refractivity contribution in [2.45, 2.75) is 27.7 Å². The molecule has 1 rings (SSSR count). The van der Waals surface area contributed by atoms with E-state index in [2.05, 4.69) is 0 Å². The average molecular weight is 304 g/mol. The molecule has 4 nitrogen and oxygen atoms in total. The fraction of sp³-hybridized carbons (Fsp3) is 0.444. The first-order chi connectivity index (χ1) is 10.4. The molecule has 4 heteroatoms. The van der Waals surface area contributed by atoms with Crippen molar-refractivity contribution < 1.29 is 19.1 Å². The van der Waals surface area contributed by atoms with Crippen LogP contribution in [-0.2, 0) is 14.3 Å². The Bertz CT molecular complexity index is 545.